The van der Waals surface area contributed by atoms with E-state index in [-0.39, 0.29) is 24.8 Å². The Hall–Kier alpha value is -0.810. The first-order valence-electron chi connectivity index (χ1n) is 6.85. The van der Waals surface area contributed by atoms with Crippen molar-refractivity contribution in [1.29, 1.82) is 0 Å². The molecule has 18 heavy (non-hydrogen) atoms. The minimum Gasteiger partial charge on any atom is -0.396 e. The van der Waals surface area contributed by atoms with Crippen molar-refractivity contribution >= 4 is 6.03 Å². The lowest BCUT2D eigenvalue weighted by atomic mass is 9.92. The molecule has 0 heterocycles. The average Bonchev–Trinajstić information content (AvgIpc) is 2.37. The lowest BCUT2D eigenvalue weighted by Gasteiger charge is -2.31. The summed E-state index contributed by atoms with van der Waals surface area (Å²) in [5.41, 5.74) is 0. The molecule has 1 aliphatic carbocycles. The molecule has 0 saturated heterocycles. The molecule has 0 aromatic heterocycles. The van der Waals surface area contributed by atoms with Crippen molar-refractivity contribution in [3.8, 4) is 0 Å². The van der Waals surface area contributed by atoms with E-state index in [4.69, 9.17) is 9.84 Å². The van der Waals surface area contributed by atoms with Crippen LogP contribution in [0.3, 0.4) is 0 Å². The SMILES string of the molecule is COC1CCCCC1NC(=O)NCC(C)CCO. The molecular weight excluding hydrogens is 232 g/mol. The molecule has 0 aromatic rings. The van der Waals surface area contributed by atoms with E-state index in [1.807, 2.05) is 6.92 Å². The van der Waals surface area contributed by atoms with E-state index in [0.29, 0.717) is 18.9 Å². The number of carbonyl (C=O) groups excluding carboxylic acids is 1. The maximum atomic E-state index is 11.7. The number of hydrogen-bond acceptors (Lipinski definition) is 3. The van der Waals surface area contributed by atoms with E-state index in [0.717, 1.165) is 19.3 Å². The van der Waals surface area contributed by atoms with Crippen LogP contribution < -0.4 is 10.6 Å². The number of rotatable bonds is 6. The van der Waals surface area contributed by atoms with Crippen molar-refractivity contribution in [2.24, 2.45) is 5.92 Å². The van der Waals surface area contributed by atoms with Crippen molar-refractivity contribution in [3.63, 3.8) is 0 Å². The zero-order chi connectivity index (χ0) is 13.4. The van der Waals surface area contributed by atoms with E-state index >= 15 is 0 Å². The van der Waals surface area contributed by atoms with Crippen LogP contribution in [0.5, 0.6) is 0 Å². The number of carbonyl (C=O) groups is 1. The minimum atomic E-state index is -0.131. The summed E-state index contributed by atoms with van der Waals surface area (Å²) in [6.07, 6.45) is 5.17. The maximum absolute atomic E-state index is 11.7. The zero-order valence-corrected chi connectivity index (χ0v) is 11.4. The van der Waals surface area contributed by atoms with E-state index in [1.54, 1.807) is 7.11 Å². The first-order valence-corrected chi connectivity index (χ1v) is 6.85. The maximum Gasteiger partial charge on any atom is 0.315 e. The van der Waals surface area contributed by atoms with Crippen LogP contribution in [-0.2, 0) is 4.74 Å². The Morgan fingerprint density at radius 2 is 2.17 bits per heavy atom. The fourth-order valence-electron chi connectivity index (χ4n) is 2.35. The summed E-state index contributed by atoms with van der Waals surface area (Å²) in [5, 5.41) is 14.6. The molecule has 5 nitrogen and oxygen atoms in total. The quantitative estimate of drug-likeness (QED) is 0.672. The smallest absolute Gasteiger partial charge is 0.315 e. The minimum absolute atomic E-state index is 0.122. The van der Waals surface area contributed by atoms with E-state index in [9.17, 15) is 4.79 Å². The predicted octanol–water partition coefficient (Wildman–Crippen LogP) is 1.26. The Bertz CT molecular complexity index is 248. The van der Waals surface area contributed by atoms with Gasteiger partial charge in [-0.15, -0.1) is 0 Å². The highest BCUT2D eigenvalue weighted by atomic mass is 16.5. The molecule has 0 radical (unpaired) electrons. The summed E-state index contributed by atoms with van der Waals surface area (Å²) >= 11 is 0. The molecule has 1 rings (SSSR count). The molecule has 3 N–H and O–H groups in total. The molecular formula is C13H26N2O3. The van der Waals surface area contributed by atoms with Crippen molar-refractivity contribution in [2.45, 2.75) is 51.2 Å². The highest BCUT2D eigenvalue weighted by molar-refractivity contribution is 5.74. The normalized spacial score (nSPS) is 25.5. The van der Waals surface area contributed by atoms with Crippen molar-refractivity contribution in [1.82, 2.24) is 10.6 Å². The van der Waals surface area contributed by atoms with Gasteiger partial charge in [0, 0.05) is 20.3 Å². The highest BCUT2D eigenvalue weighted by Gasteiger charge is 2.26. The molecule has 1 fully saturated rings. The fraction of sp³-hybridized carbons (Fsp3) is 0.923. The van der Waals surface area contributed by atoms with Crippen LogP contribution >= 0.6 is 0 Å². The summed E-state index contributed by atoms with van der Waals surface area (Å²) in [6.45, 7) is 2.77. The van der Waals surface area contributed by atoms with Crippen LogP contribution in [0.15, 0.2) is 0 Å². The third-order valence-corrected chi connectivity index (χ3v) is 3.55. The van der Waals surface area contributed by atoms with Gasteiger partial charge in [-0.3, -0.25) is 0 Å². The second kappa shape index (κ2) is 8.32. The van der Waals surface area contributed by atoms with Gasteiger partial charge in [0.15, 0.2) is 0 Å². The fourth-order valence-corrected chi connectivity index (χ4v) is 2.35. The monoisotopic (exact) mass is 258 g/mol. The summed E-state index contributed by atoms with van der Waals surface area (Å²) < 4.78 is 5.39. The number of aliphatic hydroxyl groups excluding tert-OH is 1. The molecule has 106 valence electrons. The summed E-state index contributed by atoms with van der Waals surface area (Å²) in [4.78, 5) is 11.7. The van der Waals surface area contributed by atoms with Crippen LogP contribution in [-0.4, -0.2) is 43.5 Å². The van der Waals surface area contributed by atoms with Crippen molar-refractivity contribution < 1.29 is 14.6 Å². The summed E-state index contributed by atoms with van der Waals surface area (Å²) in [7, 11) is 1.70. The van der Waals surface area contributed by atoms with Crippen LogP contribution in [0.2, 0.25) is 0 Å². The summed E-state index contributed by atoms with van der Waals surface area (Å²) in [6, 6.07) is -0.00867. The Kier molecular flexibility index (Phi) is 7.05. The Labute approximate surface area is 109 Å². The van der Waals surface area contributed by atoms with Gasteiger partial charge >= 0.3 is 6.03 Å². The molecule has 0 aromatic carbocycles. The molecule has 1 aliphatic rings. The summed E-state index contributed by atoms with van der Waals surface area (Å²) in [5.74, 6) is 0.297. The van der Waals surface area contributed by atoms with Gasteiger partial charge in [-0.2, -0.15) is 0 Å². The number of methoxy groups -OCH3 is 1. The molecule has 3 atom stereocenters. The molecule has 0 spiro atoms. The molecule has 3 unspecified atom stereocenters. The van der Waals surface area contributed by atoms with Gasteiger partial charge in [0.1, 0.15) is 0 Å². The molecule has 5 heteroatoms. The number of amides is 2. The van der Waals surface area contributed by atoms with Crippen LogP contribution in [0, 0.1) is 5.92 Å². The standard InChI is InChI=1S/C13H26N2O3/c1-10(7-8-16)9-14-13(17)15-11-5-3-4-6-12(11)18-2/h10-12,16H,3-9H2,1-2H3,(H2,14,15,17). The van der Waals surface area contributed by atoms with Gasteiger partial charge in [0.2, 0.25) is 0 Å². The topological polar surface area (TPSA) is 70.6 Å². The second-order valence-corrected chi connectivity index (χ2v) is 5.14. The number of nitrogens with one attached hydrogen (secondary N) is 2. The molecule has 0 aliphatic heterocycles. The van der Waals surface area contributed by atoms with E-state index < -0.39 is 0 Å². The Morgan fingerprint density at radius 1 is 1.44 bits per heavy atom. The van der Waals surface area contributed by atoms with Gasteiger partial charge in [-0.25, -0.2) is 4.79 Å². The first kappa shape index (κ1) is 15.2. The van der Waals surface area contributed by atoms with Gasteiger partial charge < -0.3 is 20.5 Å². The Balaban J connectivity index is 2.25. The number of urea groups is 1. The third kappa shape index (κ3) is 5.23. The average molecular weight is 258 g/mol. The molecule has 1 saturated carbocycles. The van der Waals surface area contributed by atoms with Gasteiger partial charge in [-0.05, 0) is 25.2 Å². The molecule has 2 amide bonds. The van der Waals surface area contributed by atoms with E-state index in [2.05, 4.69) is 10.6 Å². The van der Waals surface area contributed by atoms with E-state index in [1.165, 1.54) is 6.42 Å². The van der Waals surface area contributed by atoms with Crippen LogP contribution in [0.4, 0.5) is 4.79 Å². The number of ether oxygens (including phenoxy) is 1. The lowest BCUT2D eigenvalue weighted by Crippen LogP contribution is -2.50. The highest BCUT2D eigenvalue weighted by Crippen LogP contribution is 2.20. The second-order valence-electron chi connectivity index (χ2n) is 5.14. The molecule has 0 bridgehead atoms. The zero-order valence-electron chi connectivity index (χ0n) is 11.4. The number of hydrogen-bond donors (Lipinski definition) is 3. The van der Waals surface area contributed by atoms with Crippen LogP contribution in [0.25, 0.3) is 0 Å². The number of aliphatic hydroxyl groups is 1. The Morgan fingerprint density at radius 3 is 2.83 bits per heavy atom. The predicted molar refractivity (Wildman–Crippen MR) is 70.5 cm³/mol. The first-order chi connectivity index (χ1) is 8.67. The lowest BCUT2D eigenvalue weighted by molar-refractivity contribution is 0.0451. The van der Waals surface area contributed by atoms with Gasteiger partial charge in [0.05, 0.1) is 12.1 Å². The van der Waals surface area contributed by atoms with Gasteiger partial charge in [-0.1, -0.05) is 19.8 Å². The largest absolute Gasteiger partial charge is 0.396 e. The van der Waals surface area contributed by atoms with Gasteiger partial charge in [0.25, 0.3) is 0 Å². The third-order valence-electron chi connectivity index (χ3n) is 3.55. The van der Waals surface area contributed by atoms with Crippen molar-refractivity contribution in [3.05, 3.63) is 0 Å². The van der Waals surface area contributed by atoms with Crippen molar-refractivity contribution in [2.75, 3.05) is 20.3 Å². The van der Waals surface area contributed by atoms with Crippen LogP contribution in [0.1, 0.15) is 39.0 Å².